The average molecular weight is 596 g/mol. The number of anilines is 2. The second kappa shape index (κ2) is 11.5. The van der Waals surface area contributed by atoms with Crippen molar-refractivity contribution in [3.05, 3.63) is 88.4 Å². The van der Waals surface area contributed by atoms with Gasteiger partial charge in [0.25, 0.3) is 10.0 Å². The van der Waals surface area contributed by atoms with Gasteiger partial charge in [-0.25, -0.2) is 8.42 Å². The first-order chi connectivity index (χ1) is 18.8. The van der Waals surface area contributed by atoms with Crippen LogP contribution < -0.4 is 14.5 Å². The van der Waals surface area contributed by atoms with Crippen LogP contribution in [0.15, 0.2) is 71.6 Å². The Morgan fingerprint density at radius 1 is 1.10 bits per heavy atom. The molecule has 1 fully saturated rings. The molecule has 4 rings (SSSR count). The molecule has 0 radical (unpaired) electrons. The lowest BCUT2D eigenvalue weighted by atomic mass is 10.2. The predicted octanol–water partition coefficient (Wildman–Crippen LogP) is 4.28. The summed E-state index contributed by atoms with van der Waals surface area (Å²) in [5.41, 5.74) is 0.724. The molecule has 40 heavy (non-hydrogen) atoms. The molecule has 3 aromatic carbocycles. The highest BCUT2D eigenvalue weighted by molar-refractivity contribution is 7.92. The number of carbonyl (C=O) groups is 2. The maximum absolute atomic E-state index is 13.6. The van der Waals surface area contributed by atoms with E-state index in [-0.39, 0.29) is 36.1 Å². The second-order valence-corrected chi connectivity index (χ2v) is 11.5. The smallest absolute Gasteiger partial charge is 0.391 e. The zero-order valence-electron chi connectivity index (χ0n) is 21.2. The lowest BCUT2D eigenvalue weighted by Crippen LogP contribution is -2.41. The molecule has 0 bridgehead atoms. The van der Waals surface area contributed by atoms with Crippen LogP contribution in [0.1, 0.15) is 23.1 Å². The molecule has 1 unspecified atom stereocenters. The van der Waals surface area contributed by atoms with Gasteiger partial charge in [0.1, 0.15) is 6.54 Å². The fourth-order valence-corrected chi connectivity index (χ4v) is 5.88. The number of alkyl halides is 3. The number of β-amino-alcohol motifs (C(OH)–C–C–N with tert-alkyl or cyclic N) is 1. The van der Waals surface area contributed by atoms with Crippen molar-refractivity contribution in [3.8, 4) is 0 Å². The number of nitrogens with zero attached hydrogens (tertiary/aromatic N) is 2. The predicted molar refractivity (Wildman–Crippen MR) is 143 cm³/mol. The summed E-state index contributed by atoms with van der Waals surface area (Å²) in [4.78, 5) is 26.0. The van der Waals surface area contributed by atoms with E-state index in [9.17, 15) is 36.3 Å². The molecule has 1 aliphatic rings. The topological polar surface area (TPSA) is 107 Å². The van der Waals surface area contributed by atoms with Crippen LogP contribution >= 0.6 is 11.6 Å². The number of hydrogen-bond acceptors (Lipinski definition) is 5. The van der Waals surface area contributed by atoms with E-state index in [4.69, 9.17) is 11.6 Å². The molecule has 0 aromatic heterocycles. The van der Waals surface area contributed by atoms with Crippen LogP contribution in [0, 0.1) is 6.92 Å². The highest BCUT2D eigenvalue weighted by Gasteiger charge is 2.33. The molecule has 1 aliphatic heterocycles. The molecule has 0 saturated carbocycles. The van der Waals surface area contributed by atoms with Crippen molar-refractivity contribution in [2.24, 2.45) is 0 Å². The van der Waals surface area contributed by atoms with Crippen molar-refractivity contribution >= 4 is 44.8 Å². The standard InChI is InChI=1S/C27H25ClF3N3O5S/c1-17-23(28)3-2-4-24(17)34(40(38,39)22-11-7-19(8-12-22)27(29,30)31)16-25(36)32-14-18-5-9-20(10-6-18)33-15-21(35)13-26(33)37/h2-12,21,35H,13-16H2,1H3,(H,32,36). The monoisotopic (exact) mass is 595 g/mol. The first-order valence-corrected chi connectivity index (χ1v) is 13.9. The number of halogens is 4. The van der Waals surface area contributed by atoms with E-state index in [0.29, 0.717) is 28.9 Å². The summed E-state index contributed by atoms with van der Waals surface area (Å²) < 4.78 is 66.9. The van der Waals surface area contributed by atoms with Crippen LogP contribution in [0.3, 0.4) is 0 Å². The van der Waals surface area contributed by atoms with Gasteiger partial charge in [0.2, 0.25) is 11.8 Å². The summed E-state index contributed by atoms with van der Waals surface area (Å²) in [7, 11) is -4.47. The normalized spacial score (nSPS) is 15.8. The molecule has 1 saturated heterocycles. The number of rotatable bonds is 8. The Hall–Kier alpha value is -3.61. The van der Waals surface area contributed by atoms with Crippen LogP contribution in [-0.4, -0.2) is 44.5 Å². The van der Waals surface area contributed by atoms with Crippen LogP contribution in [0.4, 0.5) is 24.5 Å². The zero-order chi connectivity index (χ0) is 29.2. The Labute approximate surface area is 234 Å². The van der Waals surface area contributed by atoms with Crippen molar-refractivity contribution in [2.75, 3.05) is 22.3 Å². The second-order valence-electron chi connectivity index (χ2n) is 9.22. The molecule has 1 heterocycles. The van der Waals surface area contributed by atoms with Crippen LogP contribution in [-0.2, 0) is 32.3 Å². The van der Waals surface area contributed by atoms with Crippen molar-refractivity contribution in [1.82, 2.24) is 5.32 Å². The molecule has 2 N–H and O–H groups in total. The van der Waals surface area contributed by atoms with Gasteiger partial charge in [-0.1, -0.05) is 29.8 Å². The molecule has 0 spiro atoms. The summed E-state index contributed by atoms with van der Waals surface area (Å²) in [6.07, 6.45) is -5.32. The third-order valence-corrected chi connectivity index (χ3v) is 8.59. The van der Waals surface area contributed by atoms with Gasteiger partial charge in [0, 0.05) is 17.3 Å². The molecule has 8 nitrogen and oxygen atoms in total. The van der Waals surface area contributed by atoms with E-state index in [1.165, 1.54) is 17.0 Å². The lowest BCUT2D eigenvalue weighted by Gasteiger charge is -2.26. The van der Waals surface area contributed by atoms with Gasteiger partial charge >= 0.3 is 6.18 Å². The molecule has 2 amide bonds. The fourth-order valence-electron chi connectivity index (χ4n) is 4.23. The highest BCUT2D eigenvalue weighted by atomic mass is 35.5. The summed E-state index contributed by atoms with van der Waals surface area (Å²) in [5, 5.41) is 12.6. The first kappa shape index (κ1) is 29.4. The zero-order valence-corrected chi connectivity index (χ0v) is 22.7. The average Bonchev–Trinajstić information content (AvgIpc) is 3.25. The highest BCUT2D eigenvalue weighted by Crippen LogP contribution is 2.33. The number of amides is 2. The van der Waals surface area contributed by atoms with E-state index >= 15 is 0 Å². The number of benzene rings is 3. The Balaban J connectivity index is 1.53. The number of aliphatic hydroxyl groups excluding tert-OH is 1. The lowest BCUT2D eigenvalue weighted by molar-refractivity contribution is -0.137. The van der Waals surface area contributed by atoms with Crippen molar-refractivity contribution in [3.63, 3.8) is 0 Å². The van der Waals surface area contributed by atoms with Crippen molar-refractivity contribution in [1.29, 1.82) is 0 Å². The first-order valence-electron chi connectivity index (χ1n) is 12.1. The summed E-state index contributed by atoms with van der Waals surface area (Å²) in [6.45, 7) is 1.14. The van der Waals surface area contributed by atoms with E-state index in [0.717, 1.165) is 16.4 Å². The van der Waals surface area contributed by atoms with E-state index in [1.54, 1.807) is 37.3 Å². The van der Waals surface area contributed by atoms with E-state index < -0.39 is 45.2 Å². The minimum Gasteiger partial charge on any atom is -0.391 e. The molecule has 3 aromatic rings. The fraction of sp³-hybridized carbons (Fsp3) is 0.259. The molecule has 0 aliphatic carbocycles. The minimum atomic E-state index is -4.64. The van der Waals surface area contributed by atoms with E-state index in [1.807, 2.05) is 0 Å². The summed E-state index contributed by atoms with van der Waals surface area (Å²) in [5.74, 6) is -0.865. The molecular weight excluding hydrogens is 571 g/mol. The Kier molecular flexibility index (Phi) is 8.43. The van der Waals surface area contributed by atoms with E-state index in [2.05, 4.69) is 5.32 Å². The van der Waals surface area contributed by atoms with Crippen LogP contribution in [0.5, 0.6) is 0 Å². The molecule has 13 heteroatoms. The number of hydrogen-bond donors (Lipinski definition) is 2. The number of sulfonamides is 1. The maximum Gasteiger partial charge on any atom is 0.416 e. The Morgan fingerprint density at radius 2 is 1.75 bits per heavy atom. The van der Waals surface area contributed by atoms with Crippen molar-refractivity contribution in [2.45, 2.75) is 37.1 Å². The van der Waals surface area contributed by atoms with Gasteiger partial charge in [-0.05, 0) is 66.6 Å². The Morgan fingerprint density at radius 3 is 2.33 bits per heavy atom. The SMILES string of the molecule is Cc1c(Cl)cccc1N(CC(=O)NCc1ccc(N2CC(O)CC2=O)cc1)S(=O)(=O)c1ccc(C(F)(F)F)cc1. The van der Waals surface area contributed by atoms with Gasteiger partial charge in [-0.15, -0.1) is 0 Å². The van der Waals surface area contributed by atoms with Crippen molar-refractivity contribution < 1.29 is 36.3 Å². The summed E-state index contributed by atoms with van der Waals surface area (Å²) in [6, 6.07) is 14.2. The van der Waals surface area contributed by atoms with Gasteiger partial charge in [0.05, 0.1) is 35.2 Å². The Bertz CT molecular complexity index is 1510. The van der Waals surface area contributed by atoms with Gasteiger partial charge < -0.3 is 15.3 Å². The molecule has 212 valence electrons. The summed E-state index contributed by atoms with van der Waals surface area (Å²) >= 11 is 6.19. The van der Waals surface area contributed by atoms with Gasteiger partial charge in [-0.3, -0.25) is 13.9 Å². The number of aliphatic hydroxyl groups is 1. The maximum atomic E-state index is 13.6. The van der Waals surface area contributed by atoms with Gasteiger partial charge in [-0.2, -0.15) is 13.2 Å². The number of nitrogens with one attached hydrogen (secondary N) is 1. The van der Waals surface area contributed by atoms with Gasteiger partial charge in [0.15, 0.2) is 0 Å². The molecule has 1 atom stereocenters. The van der Waals surface area contributed by atoms with Crippen LogP contribution in [0.25, 0.3) is 0 Å². The third kappa shape index (κ3) is 6.40. The quantitative estimate of drug-likeness (QED) is 0.404. The minimum absolute atomic E-state index is 0.0401. The third-order valence-electron chi connectivity index (χ3n) is 6.41. The number of carbonyl (C=O) groups excluding carboxylic acids is 2. The largest absolute Gasteiger partial charge is 0.416 e. The molecular formula is C27H25ClF3N3O5S. The van der Waals surface area contributed by atoms with Crippen LogP contribution in [0.2, 0.25) is 5.02 Å².